The molecule has 0 unspecified atom stereocenters. The first kappa shape index (κ1) is 10.2. The number of benzene rings is 1. The SMILES string of the molecule is COc1cc(N)ccc1OCC(N)=O. The third kappa shape index (κ3) is 2.55. The summed E-state index contributed by atoms with van der Waals surface area (Å²) in [6.45, 7) is -0.180. The Kier molecular flexibility index (Phi) is 3.17. The van der Waals surface area contributed by atoms with Gasteiger partial charge in [0.15, 0.2) is 18.1 Å². The molecule has 0 heterocycles. The lowest BCUT2D eigenvalue weighted by Gasteiger charge is -2.09. The first-order valence-electron chi connectivity index (χ1n) is 3.98. The quantitative estimate of drug-likeness (QED) is 0.670. The molecule has 0 atom stereocenters. The average molecular weight is 196 g/mol. The minimum Gasteiger partial charge on any atom is -0.493 e. The van der Waals surface area contributed by atoms with Gasteiger partial charge in [-0.1, -0.05) is 0 Å². The number of hydrogen-bond donors (Lipinski definition) is 2. The molecule has 0 aliphatic rings. The van der Waals surface area contributed by atoms with Gasteiger partial charge in [0.25, 0.3) is 5.91 Å². The summed E-state index contributed by atoms with van der Waals surface area (Å²) >= 11 is 0. The summed E-state index contributed by atoms with van der Waals surface area (Å²) in [4.78, 5) is 10.5. The molecular weight excluding hydrogens is 184 g/mol. The third-order valence-electron chi connectivity index (χ3n) is 1.56. The Labute approximate surface area is 81.6 Å². The second kappa shape index (κ2) is 4.36. The second-order valence-electron chi connectivity index (χ2n) is 2.67. The van der Waals surface area contributed by atoms with E-state index in [1.807, 2.05) is 0 Å². The van der Waals surface area contributed by atoms with E-state index < -0.39 is 5.91 Å². The Bertz CT molecular complexity index is 339. The standard InChI is InChI=1S/C9H12N2O3/c1-13-8-4-6(10)2-3-7(8)14-5-9(11)12/h2-4H,5,10H2,1H3,(H2,11,12). The average Bonchev–Trinajstić information content (AvgIpc) is 2.15. The first-order valence-corrected chi connectivity index (χ1v) is 3.98. The zero-order valence-electron chi connectivity index (χ0n) is 7.82. The molecule has 0 aromatic heterocycles. The van der Waals surface area contributed by atoms with E-state index >= 15 is 0 Å². The van der Waals surface area contributed by atoms with Crippen molar-refractivity contribution >= 4 is 11.6 Å². The molecule has 1 aromatic carbocycles. The molecule has 1 amide bonds. The Hall–Kier alpha value is -1.91. The lowest BCUT2D eigenvalue weighted by Crippen LogP contribution is -2.20. The Balaban J connectivity index is 2.80. The number of amides is 1. The van der Waals surface area contributed by atoms with Gasteiger partial charge in [-0.3, -0.25) is 4.79 Å². The monoisotopic (exact) mass is 196 g/mol. The van der Waals surface area contributed by atoms with Crippen LogP contribution in [0.4, 0.5) is 5.69 Å². The number of nitrogen functional groups attached to an aromatic ring is 1. The smallest absolute Gasteiger partial charge is 0.255 e. The molecule has 0 bridgehead atoms. The molecule has 4 N–H and O–H groups in total. The van der Waals surface area contributed by atoms with E-state index in [1.165, 1.54) is 7.11 Å². The highest BCUT2D eigenvalue weighted by molar-refractivity contribution is 5.75. The van der Waals surface area contributed by atoms with Crippen LogP contribution in [0.3, 0.4) is 0 Å². The Morgan fingerprint density at radius 1 is 1.43 bits per heavy atom. The van der Waals surface area contributed by atoms with Crippen molar-refractivity contribution in [3.8, 4) is 11.5 Å². The van der Waals surface area contributed by atoms with Gasteiger partial charge in [0.1, 0.15) is 0 Å². The lowest BCUT2D eigenvalue weighted by molar-refractivity contribution is -0.119. The van der Waals surface area contributed by atoms with Crippen molar-refractivity contribution in [2.75, 3.05) is 19.5 Å². The highest BCUT2D eigenvalue weighted by atomic mass is 16.5. The summed E-state index contributed by atoms with van der Waals surface area (Å²) in [5, 5.41) is 0. The van der Waals surface area contributed by atoms with E-state index in [0.717, 1.165) is 0 Å². The second-order valence-corrected chi connectivity index (χ2v) is 2.67. The summed E-state index contributed by atoms with van der Waals surface area (Å²) < 4.78 is 10.1. The van der Waals surface area contributed by atoms with Crippen LogP contribution in [0, 0.1) is 0 Å². The van der Waals surface area contributed by atoms with Crippen LogP contribution in [0.25, 0.3) is 0 Å². The predicted octanol–water partition coefficient (Wildman–Crippen LogP) is 0.141. The first-order chi connectivity index (χ1) is 6.63. The summed E-state index contributed by atoms with van der Waals surface area (Å²) in [7, 11) is 1.49. The minimum absolute atomic E-state index is 0.180. The van der Waals surface area contributed by atoms with Crippen molar-refractivity contribution in [1.82, 2.24) is 0 Å². The van der Waals surface area contributed by atoms with E-state index in [9.17, 15) is 4.79 Å². The Morgan fingerprint density at radius 3 is 2.71 bits per heavy atom. The van der Waals surface area contributed by atoms with Crippen LogP contribution >= 0.6 is 0 Å². The van der Waals surface area contributed by atoms with Crippen LogP contribution in [0.15, 0.2) is 18.2 Å². The van der Waals surface area contributed by atoms with E-state index in [2.05, 4.69) is 0 Å². The largest absolute Gasteiger partial charge is 0.493 e. The molecule has 0 saturated heterocycles. The van der Waals surface area contributed by atoms with Gasteiger partial charge in [-0.2, -0.15) is 0 Å². The van der Waals surface area contributed by atoms with Crippen LogP contribution in [0.5, 0.6) is 11.5 Å². The molecule has 5 nitrogen and oxygen atoms in total. The van der Waals surface area contributed by atoms with Gasteiger partial charge < -0.3 is 20.9 Å². The van der Waals surface area contributed by atoms with Gasteiger partial charge in [0, 0.05) is 11.8 Å². The summed E-state index contributed by atoms with van der Waals surface area (Å²) in [5.74, 6) is 0.385. The minimum atomic E-state index is -0.538. The fraction of sp³-hybridized carbons (Fsp3) is 0.222. The van der Waals surface area contributed by atoms with Gasteiger partial charge in [-0.25, -0.2) is 0 Å². The van der Waals surface area contributed by atoms with E-state index in [4.69, 9.17) is 20.9 Å². The van der Waals surface area contributed by atoms with Crippen molar-refractivity contribution in [3.63, 3.8) is 0 Å². The molecule has 0 aliphatic heterocycles. The highest BCUT2D eigenvalue weighted by Crippen LogP contribution is 2.28. The van der Waals surface area contributed by atoms with Crippen molar-refractivity contribution in [2.24, 2.45) is 5.73 Å². The molecule has 5 heteroatoms. The third-order valence-corrected chi connectivity index (χ3v) is 1.56. The van der Waals surface area contributed by atoms with Crippen LogP contribution in [-0.2, 0) is 4.79 Å². The zero-order chi connectivity index (χ0) is 10.6. The fourth-order valence-electron chi connectivity index (χ4n) is 0.952. The van der Waals surface area contributed by atoms with E-state index in [1.54, 1.807) is 18.2 Å². The summed E-state index contributed by atoms with van der Waals surface area (Å²) in [6.07, 6.45) is 0. The molecule has 0 fully saturated rings. The number of ether oxygens (including phenoxy) is 2. The number of primary amides is 1. The van der Waals surface area contributed by atoms with E-state index in [0.29, 0.717) is 17.2 Å². The normalized spacial score (nSPS) is 9.50. The maximum atomic E-state index is 10.5. The van der Waals surface area contributed by atoms with Crippen molar-refractivity contribution < 1.29 is 14.3 Å². The number of nitrogens with two attached hydrogens (primary N) is 2. The maximum Gasteiger partial charge on any atom is 0.255 e. The lowest BCUT2D eigenvalue weighted by atomic mass is 10.3. The molecule has 0 aliphatic carbocycles. The number of anilines is 1. The summed E-state index contributed by atoms with van der Waals surface area (Å²) in [6, 6.07) is 4.88. The van der Waals surface area contributed by atoms with Crippen LogP contribution in [0.2, 0.25) is 0 Å². The topological polar surface area (TPSA) is 87.6 Å². The van der Waals surface area contributed by atoms with Gasteiger partial charge in [-0.05, 0) is 12.1 Å². The molecular formula is C9H12N2O3. The molecule has 0 saturated carbocycles. The number of rotatable bonds is 4. The number of carbonyl (C=O) groups is 1. The summed E-state index contributed by atoms with van der Waals surface area (Å²) in [5.41, 5.74) is 11.0. The molecule has 0 spiro atoms. The predicted molar refractivity (Wildman–Crippen MR) is 52.1 cm³/mol. The van der Waals surface area contributed by atoms with E-state index in [-0.39, 0.29) is 6.61 Å². The van der Waals surface area contributed by atoms with Gasteiger partial charge in [0.05, 0.1) is 7.11 Å². The fourth-order valence-corrected chi connectivity index (χ4v) is 0.952. The van der Waals surface area contributed by atoms with Crippen molar-refractivity contribution in [3.05, 3.63) is 18.2 Å². The molecule has 0 radical (unpaired) electrons. The van der Waals surface area contributed by atoms with Gasteiger partial charge in [0.2, 0.25) is 0 Å². The number of methoxy groups -OCH3 is 1. The van der Waals surface area contributed by atoms with Crippen LogP contribution in [0.1, 0.15) is 0 Å². The van der Waals surface area contributed by atoms with Gasteiger partial charge >= 0.3 is 0 Å². The van der Waals surface area contributed by atoms with Crippen molar-refractivity contribution in [2.45, 2.75) is 0 Å². The molecule has 76 valence electrons. The molecule has 1 rings (SSSR count). The van der Waals surface area contributed by atoms with Crippen LogP contribution < -0.4 is 20.9 Å². The zero-order valence-corrected chi connectivity index (χ0v) is 7.82. The maximum absolute atomic E-state index is 10.5. The van der Waals surface area contributed by atoms with Crippen LogP contribution in [-0.4, -0.2) is 19.6 Å². The molecule has 1 aromatic rings. The molecule has 14 heavy (non-hydrogen) atoms. The van der Waals surface area contributed by atoms with Crippen molar-refractivity contribution in [1.29, 1.82) is 0 Å². The number of hydrogen-bond acceptors (Lipinski definition) is 4. The highest BCUT2D eigenvalue weighted by Gasteiger charge is 2.05. The van der Waals surface area contributed by atoms with Gasteiger partial charge in [-0.15, -0.1) is 0 Å². The Morgan fingerprint density at radius 2 is 2.14 bits per heavy atom. The number of carbonyl (C=O) groups excluding carboxylic acids is 1.